The van der Waals surface area contributed by atoms with Crippen LogP contribution < -0.4 is 5.32 Å². The molecule has 0 spiro atoms. The normalized spacial score (nSPS) is 13.8. The Hall–Kier alpha value is -0.870. The molecule has 1 aromatic heterocycles. The second-order valence-corrected chi connectivity index (χ2v) is 6.21. The predicted molar refractivity (Wildman–Crippen MR) is 67.0 cm³/mol. The van der Waals surface area contributed by atoms with E-state index in [4.69, 9.17) is 5.11 Å². The minimum atomic E-state index is -0.847. The summed E-state index contributed by atoms with van der Waals surface area (Å²) in [7, 11) is 0. The third kappa shape index (κ3) is 3.61. The quantitative estimate of drug-likeness (QED) is 0.852. The van der Waals surface area contributed by atoms with Gasteiger partial charge < -0.3 is 10.4 Å². The molecule has 0 aliphatic rings. The Bertz CT molecular complexity index is 365. The van der Waals surface area contributed by atoms with Crippen LogP contribution in [0.2, 0.25) is 0 Å². The van der Waals surface area contributed by atoms with E-state index in [9.17, 15) is 4.79 Å². The molecular weight excluding hydrogens is 222 g/mol. The third-order valence-corrected chi connectivity index (χ3v) is 3.83. The molecule has 0 saturated heterocycles. The summed E-state index contributed by atoms with van der Waals surface area (Å²) in [6, 6.07) is 3.92. The largest absolute Gasteiger partial charge is 0.477 e. The number of rotatable bonds is 4. The fraction of sp³-hybridized carbons (Fsp3) is 0.583. The number of carboxylic acid groups (broad SMARTS) is 1. The highest BCUT2D eigenvalue weighted by atomic mass is 32.1. The summed E-state index contributed by atoms with van der Waals surface area (Å²) >= 11 is 1.33. The average Bonchev–Trinajstić information content (AvgIpc) is 2.60. The van der Waals surface area contributed by atoms with Crippen LogP contribution in [0.3, 0.4) is 0 Å². The van der Waals surface area contributed by atoms with Gasteiger partial charge in [-0.25, -0.2) is 4.79 Å². The first-order valence-corrected chi connectivity index (χ1v) is 6.17. The monoisotopic (exact) mass is 241 g/mol. The first-order valence-electron chi connectivity index (χ1n) is 5.36. The van der Waals surface area contributed by atoms with Gasteiger partial charge in [0.05, 0.1) is 0 Å². The molecule has 1 rings (SSSR count). The molecule has 1 aromatic rings. The number of aromatic carboxylic acids is 1. The molecule has 4 heteroatoms. The van der Waals surface area contributed by atoms with Gasteiger partial charge in [0.25, 0.3) is 0 Å². The number of thiophene rings is 1. The van der Waals surface area contributed by atoms with E-state index in [1.165, 1.54) is 11.3 Å². The van der Waals surface area contributed by atoms with Crippen molar-refractivity contribution in [2.45, 2.75) is 40.3 Å². The van der Waals surface area contributed by atoms with E-state index in [0.29, 0.717) is 10.9 Å². The van der Waals surface area contributed by atoms with Gasteiger partial charge in [0.1, 0.15) is 4.88 Å². The van der Waals surface area contributed by atoms with Crippen LogP contribution >= 0.6 is 11.3 Å². The van der Waals surface area contributed by atoms with Gasteiger partial charge in [-0.15, -0.1) is 11.3 Å². The van der Waals surface area contributed by atoms with Crippen LogP contribution in [0.1, 0.15) is 42.2 Å². The van der Waals surface area contributed by atoms with Crippen LogP contribution in [0.5, 0.6) is 0 Å². The highest BCUT2D eigenvalue weighted by Gasteiger charge is 2.19. The maximum Gasteiger partial charge on any atom is 0.345 e. The first kappa shape index (κ1) is 13.2. The molecule has 0 saturated carbocycles. The van der Waals surface area contributed by atoms with E-state index in [0.717, 1.165) is 11.4 Å². The first-order chi connectivity index (χ1) is 7.30. The molecule has 1 atom stereocenters. The van der Waals surface area contributed by atoms with Crippen LogP contribution in [0.4, 0.5) is 0 Å². The van der Waals surface area contributed by atoms with Gasteiger partial charge in [0, 0.05) is 17.5 Å². The van der Waals surface area contributed by atoms with Crippen LogP contribution in [0.15, 0.2) is 12.1 Å². The van der Waals surface area contributed by atoms with Crippen LogP contribution in [-0.2, 0) is 6.54 Å². The number of carbonyl (C=O) groups is 1. The van der Waals surface area contributed by atoms with Crippen molar-refractivity contribution in [3.8, 4) is 0 Å². The van der Waals surface area contributed by atoms with E-state index in [2.05, 4.69) is 33.0 Å². The Morgan fingerprint density at radius 1 is 1.50 bits per heavy atom. The summed E-state index contributed by atoms with van der Waals surface area (Å²) in [5, 5.41) is 12.2. The van der Waals surface area contributed by atoms with Crippen molar-refractivity contribution in [2.24, 2.45) is 5.41 Å². The lowest BCUT2D eigenvalue weighted by Crippen LogP contribution is -2.36. The standard InChI is InChI=1S/C12H19NO2S/c1-8(12(2,3)4)13-7-9-5-6-10(16-9)11(14)15/h5-6,8,13H,7H2,1-4H3,(H,14,15). The Morgan fingerprint density at radius 3 is 2.56 bits per heavy atom. The molecule has 1 heterocycles. The van der Waals surface area contributed by atoms with Gasteiger partial charge in [-0.05, 0) is 24.5 Å². The highest BCUT2D eigenvalue weighted by molar-refractivity contribution is 7.13. The zero-order valence-corrected chi connectivity index (χ0v) is 11.0. The van der Waals surface area contributed by atoms with Crippen molar-refractivity contribution in [1.82, 2.24) is 5.32 Å². The molecule has 0 radical (unpaired) electrons. The maximum absolute atomic E-state index is 10.7. The average molecular weight is 241 g/mol. The van der Waals surface area contributed by atoms with Crippen molar-refractivity contribution in [2.75, 3.05) is 0 Å². The lowest BCUT2D eigenvalue weighted by molar-refractivity contribution is 0.0702. The Morgan fingerprint density at radius 2 is 2.12 bits per heavy atom. The number of hydrogen-bond acceptors (Lipinski definition) is 3. The Kier molecular flexibility index (Phi) is 4.10. The smallest absolute Gasteiger partial charge is 0.345 e. The van der Waals surface area contributed by atoms with Crippen molar-refractivity contribution in [3.63, 3.8) is 0 Å². The minimum absolute atomic E-state index is 0.215. The van der Waals surface area contributed by atoms with E-state index < -0.39 is 5.97 Å². The lowest BCUT2D eigenvalue weighted by atomic mass is 9.88. The summed E-state index contributed by atoms with van der Waals surface area (Å²) in [5.74, 6) is -0.847. The molecule has 0 fully saturated rings. The Balaban J connectivity index is 2.52. The van der Waals surface area contributed by atoms with Crippen molar-refractivity contribution in [3.05, 3.63) is 21.9 Å². The molecule has 0 bridgehead atoms. The molecular formula is C12H19NO2S. The van der Waals surface area contributed by atoms with E-state index in [-0.39, 0.29) is 5.41 Å². The van der Waals surface area contributed by atoms with Crippen molar-refractivity contribution < 1.29 is 9.90 Å². The zero-order valence-electron chi connectivity index (χ0n) is 10.2. The van der Waals surface area contributed by atoms with Gasteiger partial charge in [0.2, 0.25) is 0 Å². The number of hydrogen-bond donors (Lipinski definition) is 2. The lowest BCUT2D eigenvalue weighted by Gasteiger charge is -2.28. The topological polar surface area (TPSA) is 49.3 Å². The maximum atomic E-state index is 10.7. The van der Waals surface area contributed by atoms with Crippen LogP contribution in [0, 0.1) is 5.41 Å². The molecule has 0 aromatic carbocycles. The van der Waals surface area contributed by atoms with Crippen molar-refractivity contribution >= 4 is 17.3 Å². The SMILES string of the molecule is CC(NCc1ccc(C(=O)O)s1)C(C)(C)C. The van der Waals surface area contributed by atoms with E-state index >= 15 is 0 Å². The molecule has 16 heavy (non-hydrogen) atoms. The number of nitrogens with one attached hydrogen (secondary N) is 1. The van der Waals surface area contributed by atoms with Crippen LogP contribution in [0.25, 0.3) is 0 Å². The predicted octanol–water partition coefficient (Wildman–Crippen LogP) is 2.97. The van der Waals surface area contributed by atoms with Gasteiger partial charge in [-0.2, -0.15) is 0 Å². The summed E-state index contributed by atoms with van der Waals surface area (Å²) in [5.41, 5.74) is 0.215. The molecule has 2 N–H and O–H groups in total. The second-order valence-electron chi connectivity index (χ2n) is 5.04. The molecule has 1 unspecified atom stereocenters. The third-order valence-electron chi connectivity index (χ3n) is 2.75. The molecule has 3 nitrogen and oxygen atoms in total. The summed E-state index contributed by atoms with van der Waals surface area (Å²) in [6.45, 7) is 9.42. The van der Waals surface area contributed by atoms with Gasteiger partial charge in [0.15, 0.2) is 0 Å². The van der Waals surface area contributed by atoms with Crippen molar-refractivity contribution in [1.29, 1.82) is 0 Å². The molecule has 0 aliphatic heterocycles. The molecule has 90 valence electrons. The highest BCUT2D eigenvalue weighted by Crippen LogP contribution is 2.20. The van der Waals surface area contributed by atoms with Gasteiger partial charge >= 0.3 is 5.97 Å². The second kappa shape index (κ2) is 4.97. The zero-order chi connectivity index (χ0) is 12.3. The summed E-state index contributed by atoms with van der Waals surface area (Å²) < 4.78 is 0. The number of carboxylic acids is 1. The Labute approximate surface area is 100 Å². The van der Waals surface area contributed by atoms with Gasteiger partial charge in [-0.3, -0.25) is 0 Å². The van der Waals surface area contributed by atoms with E-state index in [1.807, 2.05) is 6.07 Å². The molecule has 0 aliphatic carbocycles. The fourth-order valence-electron chi connectivity index (χ4n) is 1.15. The van der Waals surface area contributed by atoms with Crippen LogP contribution in [-0.4, -0.2) is 17.1 Å². The summed E-state index contributed by atoms with van der Waals surface area (Å²) in [4.78, 5) is 12.2. The van der Waals surface area contributed by atoms with E-state index in [1.54, 1.807) is 6.07 Å². The van der Waals surface area contributed by atoms with Gasteiger partial charge in [-0.1, -0.05) is 20.8 Å². The molecule has 0 amide bonds. The minimum Gasteiger partial charge on any atom is -0.477 e. The fourth-order valence-corrected chi connectivity index (χ4v) is 1.95. The summed E-state index contributed by atoms with van der Waals surface area (Å²) in [6.07, 6.45) is 0.